The van der Waals surface area contributed by atoms with Gasteiger partial charge in [0, 0.05) is 33.4 Å². The molecule has 0 saturated carbocycles. The van der Waals surface area contributed by atoms with E-state index < -0.39 is 0 Å². The van der Waals surface area contributed by atoms with Crippen LogP contribution in [0, 0.1) is 0 Å². The van der Waals surface area contributed by atoms with Crippen LogP contribution in [-0.2, 0) is 9.47 Å². The molecule has 1 aromatic rings. The summed E-state index contributed by atoms with van der Waals surface area (Å²) in [5.74, 6) is 0.918. The predicted molar refractivity (Wildman–Crippen MR) is 63.9 cm³/mol. The lowest BCUT2D eigenvalue weighted by Gasteiger charge is -2.06. The van der Waals surface area contributed by atoms with Crippen molar-refractivity contribution in [3.63, 3.8) is 0 Å². The van der Waals surface area contributed by atoms with Gasteiger partial charge in [-0.15, -0.1) is 0 Å². The molecule has 0 aliphatic carbocycles. The molecule has 90 valence electrons. The monoisotopic (exact) mass is 224 g/mol. The molecule has 0 aliphatic rings. The van der Waals surface area contributed by atoms with Crippen LogP contribution >= 0.6 is 0 Å². The molecule has 0 aromatic heterocycles. The summed E-state index contributed by atoms with van der Waals surface area (Å²) in [4.78, 5) is 0. The van der Waals surface area contributed by atoms with Gasteiger partial charge in [-0.1, -0.05) is 18.2 Å². The molecular formula is C13H20O3. The van der Waals surface area contributed by atoms with E-state index >= 15 is 0 Å². The van der Waals surface area contributed by atoms with Gasteiger partial charge in [0.05, 0.1) is 6.61 Å². The number of hydrogen-bond acceptors (Lipinski definition) is 3. The van der Waals surface area contributed by atoms with Crippen molar-refractivity contribution in [3.8, 4) is 5.75 Å². The highest BCUT2D eigenvalue weighted by molar-refractivity contribution is 5.20. The zero-order chi connectivity index (χ0) is 11.5. The molecule has 1 aromatic carbocycles. The molecule has 0 unspecified atom stereocenters. The second kappa shape index (κ2) is 9.19. The Balaban J connectivity index is 1.89. The van der Waals surface area contributed by atoms with E-state index in [4.69, 9.17) is 14.2 Å². The van der Waals surface area contributed by atoms with E-state index in [1.54, 1.807) is 7.11 Å². The Hall–Kier alpha value is -1.06. The van der Waals surface area contributed by atoms with Crippen LogP contribution in [-0.4, -0.2) is 33.5 Å². The Bertz CT molecular complexity index is 249. The van der Waals surface area contributed by atoms with Crippen molar-refractivity contribution < 1.29 is 14.2 Å². The highest BCUT2D eigenvalue weighted by Crippen LogP contribution is 2.08. The molecule has 3 nitrogen and oxygen atoms in total. The second-order valence-electron chi connectivity index (χ2n) is 3.47. The Labute approximate surface area is 97.3 Å². The zero-order valence-corrected chi connectivity index (χ0v) is 9.85. The molecular weight excluding hydrogens is 204 g/mol. The number of rotatable bonds is 9. The van der Waals surface area contributed by atoms with Crippen LogP contribution in [0.1, 0.15) is 12.8 Å². The number of ether oxygens (including phenoxy) is 3. The van der Waals surface area contributed by atoms with Gasteiger partial charge in [-0.25, -0.2) is 0 Å². The minimum atomic E-state index is 0.703. The fourth-order valence-corrected chi connectivity index (χ4v) is 1.28. The van der Waals surface area contributed by atoms with E-state index in [9.17, 15) is 0 Å². The molecule has 0 atom stereocenters. The molecule has 1 rings (SSSR count). The van der Waals surface area contributed by atoms with Crippen LogP contribution in [0.15, 0.2) is 30.3 Å². The van der Waals surface area contributed by atoms with Crippen molar-refractivity contribution >= 4 is 0 Å². The molecule has 0 fully saturated rings. The summed E-state index contributed by atoms with van der Waals surface area (Å²) in [6.07, 6.45) is 1.87. The van der Waals surface area contributed by atoms with Crippen molar-refractivity contribution in [1.29, 1.82) is 0 Å². The summed E-state index contributed by atoms with van der Waals surface area (Å²) in [5, 5.41) is 0. The molecule has 0 amide bonds. The van der Waals surface area contributed by atoms with Gasteiger partial charge in [-0.3, -0.25) is 0 Å². The summed E-state index contributed by atoms with van der Waals surface area (Å²) in [7, 11) is 1.70. The summed E-state index contributed by atoms with van der Waals surface area (Å²) in [6, 6.07) is 9.83. The first-order chi connectivity index (χ1) is 7.93. The lowest BCUT2D eigenvalue weighted by molar-refractivity contribution is 0.0940. The third kappa shape index (κ3) is 6.43. The minimum Gasteiger partial charge on any atom is -0.494 e. The lowest BCUT2D eigenvalue weighted by atomic mass is 10.3. The predicted octanol–water partition coefficient (Wildman–Crippen LogP) is 2.51. The van der Waals surface area contributed by atoms with E-state index in [-0.39, 0.29) is 0 Å². The molecule has 0 bridgehead atoms. The number of para-hydroxylation sites is 1. The maximum atomic E-state index is 5.53. The Morgan fingerprint density at radius 3 is 2.25 bits per heavy atom. The minimum absolute atomic E-state index is 0.703. The van der Waals surface area contributed by atoms with Gasteiger partial charge in [0.1, 0.15) is 5.75 Å². The summed E-state index contributed by atoms with van der Waals surface area (Å²) in [5.41, 5.74) is 0. The van der Waals surface area contributed by atoms with Gasteiger partial charge in [0.15, 0.2) is 0 Å². The van der Waals surface area contributed by atoms with Gasteiger partial charge in [0.2, 0.25) is 0 Å². The average molecular weight is 224 g/mol. The lowest BCUT2D eigenvalue weighted by Crippen LogP contribution is -2.05. The fourth-order valence-electron chi connectivity index (χ4n) is 1.28. The summed E-state index contributed by atoms with van der Waals surface area (Å²) < 4.78 is 15.9. The van der Waals surface area contributed by atoms with Crippen LogP contribution in [0.4, 0.5) is 0 Å². The molecule has 0 heterocycles. The Morgan fingerprint density at radius 1 is 0.875 bits per heavy atom. The van der Waals surface area contributed by atoms with Crippen molar-refractivity contribution in [2.75, 3.05) is 33.5 Å². The van der Waals surface area contributed by atoms with E-state index in [2.05, 4.69) is 0 Å². The third-order valence-corrected chi connectivity index (χ3v) is 2.08. The topological polar surface area (TPSA) is 27.7 Å². The van der Waals surface area contributed by atoms with Gasteiger partial charge < -0.3 is 14.2 Å². The molecule has 3 heteroatoms. The van der Waals surface area contributed by atoms with E-state index in [0.29, 0.717) is 6.61 Å². The smallest absolute Gasteiger partial charge is 0.119 e. The quantitative estimate of drug-likeness (QED) is 0.603. The van der Waals surface area contributed by atoms with Gasteiger partial charge in [-0.2, -0.15) is 0 Å². The molecule has 0 N–H and O–H groups in total. The zero-order valence-electron chi connectivity index (χ0n) is 9.85. The third-order valence-electron chi connectivity index (χ3n) is 2.08. The molecule has 0 saturated heterocycles. The van der Waals surface area contributed by atoms with Crippen molar-refractivity contribution in [1.82, 2.24) is 0 Å². The maximum absolute atomic E-state index is 5.53. The van der Waals surface area contributed by atoms with E-state index in [1.165, 1.54) is 0 Å². The van der Waals surface area contributed by atoms with Crippen molar-refractivity contribution in [2.24, 2.45) is 0 Å². The van der Waals surface area contributed by atoms with Crippen LogP contribution < -0.4 is 4.74 Å². The van der Waals surface area contributed by atoms with Crippen LogP contribution in [0.25, 0.3) is 0 Å². The molecule has 0 aliphatic heterocycles. The first kappa shape index (κ1) is 13.0. The fraction of sp³-hybridized carbons (Fsp3) is 0.538. The molecule has 0 spiro atoms. The van der Waals surface area contributed by atoms with Crippen molar-refractivity contribution in [3.05, 3.63) is 30.3 Å². The van der Waals surface area contributed by atoms with E-state index in [0.717, 1.165) is 38.4 Å². The largest absolute Gasteiger partial charge is 0.494 e. The van der Waals surface area contributed by atoms with E-state index in [1.807, 2.05) is 30.3 Å². The highest BCUT2D eigenvalue weighted by atomic mass is 16.5. The van der Waals surface area contributed by atoms with Crippen LogP contribution in [0.5, 0.6) is 5.75 Å². The van der Waals surface area contributed by atoms with Crippen molar-refractivity contribution in [2.45, 2.75) is 12.8 Å². The molecule has 16 heavy (non-hydrogen) atoms. The van der Waals surface area contributed by atoms with Gasteiger partial charge >= 0.3 is 0 Å². The maximum Gasteiger partial charge on any atom is 0.119 e. The second-order valence-corrected chi connectivity index (χ2v) is 3.47. The molecule has 0 radical (unpaired) electrons. The van der Waals surface area contributed by atoms with Gasteiger partial charge in [0.25, 0.3) is 0 Å². The number of benzene rings is 1. The Morgan fingerprint density at radius 2 is 1.56 bits per heavy atom. The summed E-state index contributed by atoms with van der Waals surface area (Å²) in [6.45, 7) is 2.98. The SMILES string of the molecule is COCCCOCCCOc1ccccc1. The highest BCUT2D eigenvalue weighted by Gasteiger charge is 1.92. The standard InChI is InChI=1S/C13H20O3/c1-14-9-5-10-15-11-6-12-16-13-7-3-2-4-8-13/h2-4,7-8H,5-6,9-12H2,1H3. The first-order valence-corrected chi connectivity index (χ1v) is 5.68. The normalized spacial score (nSPS) is 10.3. The first-order valence-electron chi connectivity index (χ1n) is 5.68. The number of methoxy groups -OCH3 is 1. The Kier molecular flexibility index (Phi) is 7.47. The van der Waals surface area contributed by atoms with Gasteiger partial charge in [-0.05, 0) is 18.6 Å². The average Bonchev–Trinajstić information content (AvgIpc) is 2.34. The summed E-state index contributed by atoms with van der Waals surface area (Å²) >= 11 is 0. The van der Waals surface area contributed by atoms with Crippen LogP contribution in [0.2, 0.25) is 0 Å². The number of hydrogen-bond donors (Lipinski definition) is 0. The van der Waals surface area contributed by atoms with Crippen LogP contribution in [0.3, 0.4) is 0 Å².